The highest BCUT2D eigenvalue weighted by molar-refractivity contribution is 6.17. The van der Waals surface area contributed by atoms with Crippen molar-refractivity contribution in [3.05, 3.63) is 68.8 Å². The molecule has 0 amide bonds. The first kappa shape index (κ1) is 16.9. The summed E-state index contributed by atoms with van der Waals surface area (Å²) in [6.07, 6.45) is 0. The van der Waals surface area contributed by atoms with Crippen LogP contribution in [-0.2, 0) is 4.74 Å². The fraction of sp³-hybridized carbons (Fsp3) is 0.300. The topological polar surface area (TPSA) is 43.4 Å². The molecule has 0 saturated carbocycles. The lowest BCUT2D eigenvalue weighted by Crippen LogP contribution is -2.16. The van der Waals surface area contributed by atoms with Gasteiger partial charge in [0.05, 0.1) is 12.7 Å². The maximum atomic E-state index is 13.2. The molecule has 2 aromatic carbocycles. The van der Waals surface area contributed by atoms with Gasteiger partial charge in [-0.1, -0.05) is 29.8 Å². The number of hydrogen-bond donors (Lipinski definition) is 0. The Labute approximate surface area is 137 Å². The summed E-state index contributed by atoms with van der Waals surface area (Å²) >= 11 is 0. The number of rotatable bonds is 3. The summed E-state index contributed by atoms with van der Waals surface area (Å²) in [6, 6.07) is 7.69. The van der Waals surface area contributed by atoms with Crippen LogP contribution in [0, 0.1) is 34.6 Å². The molecule has 0 N–H and O–H groups in total. The van der Waals surface area contributed by atoms with Gasteiger partial charge in [-0.25, -0.2) is 4.79 Å². The van der Waals surface area contributed by atoms with Gasteiger partial charge >= 0.3 is 5.97 Å². The van der Waals surface area contributed by atoms with E-state index in [0.717, 1.165) is 27.8 Å². The highest BCUT2D eigenvalue weighted by Crippen LogP contribution is 2.26. The fourth-order valence-electron chi connectivity index (χ4n) is 3.13. The van der Waals surface area contributed by atoms with Gasteiger partial charge in [-0.3, -0.25) is 4.79 Å². The quantitative estimate of drug-likeness (QED) is 0.629. The number of ether oxygens (including phenoxy) is 1. The van der Waals surface area contributed by atoms with Crippen molar-refractivity contribution >= 4 is 11.8 Å². The van der Waals surface area contributed by atoms with Crippen molar-refractivity contribution in [3.63, 3.8) is 0 Å². The van der Waals surface area contributed by atoms with Crippen LogP contribution in [0.5, 0.6) is 0 Å². The van der Waals surface area contributed by atoms with E-state index in [1.165, 1.54) is 7.11 Å². The Kier molecular flexibility index (Phi) is 4.69. The van der Waals surface area contributed by atoms with E-state index in [4.69, 9.17) is 4.74 Å². The summed E-state index contributed by atoms with van der Waals surface area (Å²) in [6.45, 7) is 9.52. The molecule has 23 heavy (non-hydrogen) atoms. The lowest BCUT2D eigenvalue weighted by Gasteiger charge is -2.16. The van der Waals surface area contributed by atoms with E-state index in [-0.39, 0.29) is 5.78 Å². The van der Waals surface area contributed by atoms with Crippen LogP contribution >= 0.6 is 0 Å². The molecule has 120 valence electrons. The molecule has 3 nitrogen and oxygen atoms in total. The third-order valence-corrected chi connectivity index (χ3v) is 4.14. The molecule has 0 fully saturated rings. The van der Waals surface area contributed by atoms with Crippen LogP contribution in [0.3, 0.4) is 0 Å². The number of benzene rings is 2. The van der Waals surface area contributed by atoms with Crippen LogP contribution in [0.25, 0.3) is 0 Å². The molecule has 0 aliphatic rings. The smallest absolute Gasteiger partial charge is 0.338 e. The molecular formula is C20H22O3. The third-order valence-electron chi connectivity index (χ3n) is 4.14. The molecule has 0 saturated heterocycles. The standard InChI is InChI=1S/C20H22O3/c1-11-9-14(4)16(15(5)10-11)19(21)17-12(2)7-8-13(3)18(17)20(22)23-6/h7-10H,1-6H3. The highest BCUT2D eigenvalue weighted by Gasteiger charge is 2.25. The van der Waals surface area contributed by atoms with Gasteiger partial charge in [0.1, 0.15) is 0 Å². The number of esters is 1. The SMILES string of the molecule is COC(=O)c1c(C)ccc(C)c1C(=O)c1c(C)cc(C)cc1C. The molecule has 0 atom stereocenters. The average molecular weight is 310 g/mol. The monoisotopic (exact) mass is 310 g/mol. The molecule has 0 radical (unpaired) electrons. The summed E-state index contributed by atoms with van der Waals surface area (Å²) in [4.78, 5) is 25.4. The minimum atomic E-state index is -0.475. The number of carbonyl (C=O) groups is 2. The summed E-state index contributed by atoms with van der Waals surface area (Å²) in [5.41, 5.74) is 5.94. The molecule has 2 rings (SSSR count). The van der Waals surface area contributed by atoms with E-state index in [0.29, 0.717) is 16.7 Å². The Balaban J connectivity index is 2.75. The maximum absolute atomic E-state index is 13.2. The van der Waals surface area contributed by atoms with Gasteiger partial charge < -0.3 is 4.74 Å². The number of aryl methyl sites for hydroxylation is 5. The summed E-state index contributed by atoms with van der Waals surface area (Å²) in [5, 5.41) is 0. The predicted octanol–water partition coefficient (Wildman–Crippen LogP) is 4.25. The van der Waals surface area contributed by atoms with Crippen LogP contribution < -0.4 is 0 Å². The van der Waals surface area contributed by atoms with Gasteiger partial charge in [0.15, 0.2) is 5.78 Å². The number of hydrogen-bond acceptors (Lipinski definition) is 3. The molecule has 0 aromatic heterocycles. The van der Waals surface area contributed by atoms with E-state index in [1.54, 1.807) is 0 Å². The summed E-state index contributed by atoms with van der Waals surface area (Å²) in [5.74, 6) is -0.599. The van der Waals surface area contributed by atoms with Gasteiger partial charge in [0.2, 0.25) is 0 Å². The summed E-state index contributed by atoms with van der Waals surface area (Å²) in [7, 11) is 1.33. The molecule has 0 unspecified atom stereocenters. The highest BCUT2D eigenvalue weighted by atomic mass is 16.5. The first-order valence-corrected chi connectivity index (χ1v) is 7.59. The third kappa shape index (κ3) is 3.04. The Morgan fingerprint density at radius 1 is 0.739 bits per heavy atom. The zero-order valence-corrected chi connectivity index (χ0v) is 14.5. The van der Waals surface area contributed by atoms with Gasteiger partial charge in [0.25, 0.3) is 0 Å². The van der Waals surface area contributed by atoms with Crippen LogP contribution in [0.1, 0.15) is 54.1 Å². The normalized spacial score (nSPS) is 10.5. The molecular weight excluding hydrogens is 288 g/mol. The van der Waals surface area contributed by atoms with Gasteiger partial charge in [-0.2, -0.15) is 0 Å². The zero-order valence-electron chi connectivity index (χ0n) is 14.5. The van der Waals surface area contributed by atoms with E-state index >= 15 is 0 Å². The van der Waals surface area contributed by atoms with Crippen molar-refractivity contribution in [2.75, 3.05) is 7.11 Å². The second kappa shape index (κ2) is 6.37. The molecule has 3 heteroatoms. The van der Waals surface area contributed by atoms with Crippen LogP contribution in [-0.4, -0.2) is 18.9 Å². The predicted molar refractivity (Wildman–Crippen MR) is 91.3 cm³/mol. The van der Waals surface area contributed by atoms with E-state index in [2.05, 4.69) is 0 Å². The van der Waals surface area contributed by atoms with Gasteiger partial charge in [0, 0.05) is 11.1 Å². The molecule has 0 heterocycles. The molecule has 0 aliphatic carbocycles. The Morgan fingerprint density at radius 2 is 1.22 bits per heavy atom. The maximum Gasteiger partial charge on any atom is 0.338 e. The van der Waals surface area contributed by atoms with E-state index in [1.807, 2.05) is 58.9 Å². The zero-order chi connectivity index (χ0) is 17.3. The lowest BCUT2D eigenvalue weighted by atomic mass is 9.87. The van der Waals surface area contributed by atoms with Crippen molar-refractivity contribution in [2.24, 2.45) is 0 Å². The first-order chi connectivity index (χ1) is 10.8. The van der Waals surface area contributed by atoms with Crippen molar-refractivity contribution < 1.29 is 14.3 Å². The minimum absolute atomic E-state index is 0.124. The second-order valence-electron chi connectivity index (χ2n) is 6.04. The number of methoxy groups -OCH3 is 1. The molecule has 0 bridgehead atoms. The van der Waals surface area contributed by atoms with Crippen molar-refractivity contribution in [2.45, 2.75) is 34.6 Å². The fourth-order valence-corrected chi connectivity index (χ4v) is 3.13. The number of carbonyl (C=O) groups excluding carboxylic acids is 2. The van der Waals surface area contributed by atoms with Crippen molar-refractivity contribution in [1.29, 1.82) is 0 Å². The number of ketones is 1. The first-order valence-electron chi connectivity index (χ1n) is 7.59. The largest absolute Gasteiger partial charge is 0.465 e. The average Bonchev–Trinajstić information content (AvgIpc) is 2.47. The minimum Gasteiger partial charge on any atom is -0.465 e. The Bertz CT molecular complexity index is 778. The van der Waals surface area contributed by atoms with Crippen molar-refractivity contribution in [3.8, 4) is 0 Å². The lowest BCUT2D eigenvalue weighted by molar-refractivity contribution is 0.0596. The van der Waals surface area contributed by atoms with Crippen LogP contribution in [0.4, 0.5) is 0 Å². The Hall–Kier alpha value is -2.42. The molecule has 0 aliphatic heterocycles. The Morgan fingerprint density at radius 3 is 1.70 bits per heavy atom. The van der Waals surface area contributed by atoms with E-state index < -0.39 is 5.97 Å². The second-order valence-corrected chi connectivity index (χ2v) is 6.04. The van der Waals surface area contributed by atoms with Crippen LogP contribution in [0.2, 0.25) is 0 Å². The molecule has 0 spiro atoms. The van der Waals surface area contributed by atoms with Crippen LogP contribution in [0.15, 0.2) is 24.3 Å². The van der Waals surface area contributed by atoms with Gasteiger partial charge in [-0.15, -0.1) is 0 Å². The van der Waals surface area contributed by atoms with E-state index in [9.17, 15) is 9.59 Å². The summed E-state index contributed by atoms with van der Waals surface area (Å²) < 4.78 is 4.89. The van der Waals surface area contributed by atoms with Crippen molar-refractivity contribution in [1.82, 2.24) is 0 Å². The molecule has 2 aromatic rings. The van der Waals surface area contributed by atoms with Gasteiger partial charge in [-0.05, 0) is 56.9 Å².